The molecule has 0 aromatic carbocycles. The van der Waals surface area contributed by atoms with Crippen molar-refractivity contribution in [1.29, 1.82) is 0 Å². The van der Waals surface area contributed by atoms with E-state index in [1.54, 1.807) is 11.3 Å². The van der Waals surface area contributed by atoms with Gasteiger partial charge in [0.1, 0.15) is 0 Å². The summed E-state index contributed by atoms with van der Waals surface area (Å²) in [6.07, 6.45) is 2.01. The first-order valence-corrected chi connectivity index (χ1v) is 6.54. The van der Waals surface area contributed by atoms with E-state index in [4.69, 9.17) is 0 Å². The van der Waals surface area contributed by atoms with Crippen LogP contribution in [0.3, 0.4) is 0 Å². The maximum Gasteiger partial charge on any atom is 0.185 e. The van der Waals surface area contributed by atoms with Crippen molar-refractivity contribution in [2.45, 2.75) is 19.5 Å². The average molecular weight is 277 g/mol. The number of anilines is 1. The minimum absolute atomic E-state index is 0. The zero-order valence-corrected chi connectivity index (χ0v) is 12.3. The number of aromatic nitrogens is 1. The molecule has 0 bridgehead atoms. The van der Waals surface area contributed by atoms with Crippen LogP contribution in [0.5, 0.6) is 0 Å². The topological polar surface area (TPSA) is 31.4 Å². The van der Waals surface area contributed by atoms with E-state index in [-0.39, 0.29) is 12.4 Å². The summed E-state index contributed by atoms with van der Waals surface area (Å²) in [4.78, 5) is 10.3. The Hall–Kier alpha value is -0.360. The molecule has 0 spiro atoms. The molecule has 2 heterocycles. The lowest BCUT2D eigenvalue weighted by atomic mass is 10.2. The van der Waals surface area contributed by atoms with Crippen LogP contribution in [0.4, 0.5) is 5.13 Å². The lowest BCUT2D eigenvalue weighted by molar-refractivity contribution is 0.201. The number of rotatable bonds is 3. The first-order valence-electron chi connectivity index (χ1n) is 5.73. The smallest absolute Gasteiger partial charge is 0.185 e. The van der Waals surface area contributed by atoms with Crippen molar-refractivity contribution >= 4 is 28.9 Å². The number of nitrogens with one attached hydrogen (secondary N) is 1. The molecule has 0 aliphatic carbocycles. The molecule has 1 aromatic heterocycles. The second-order valence-electron chi connectivity index (χ2n) is 4.59. The van der Waals surface area contributed by atoms with Crippen molar-refractivity contribution < 1.29 is 0 Å². The molecule has 17 heavy (non-hydrogen) atoms. The molecule has 1 aliphatic rings. The number of nitrogens with zero attached hydrogens (tertiary/aromatic N) is 3. The molecule has 6 heteroatoms. The molecule has 1 saturated heterocycles. The van der Waals surface area contributed by atoms with Crippen molar-refractivity contribution in [3.63, 3.8) is 0 Å². The minimum Gasteiger partial charge on any atom is -0.354 e. The molecule has 4 nitrogen and oxygen atoms in total. The summed E-state index contributed by atoms with van der Waals surface area (Å²) in [5.74, 6) is 0. The largest absolute Gasteiger partial charge is 0.354 e. The highest BCUT2D eigenvalue weighted by molar-refractivity contribution is 7.15. The van der Waals surface area contributed by atoms with Crippen LogP contribution >= 0.6 is 23.7 Å². The van der Waals surface area contributed by atoms with E-state index in [1.165, 1.54) is 4.88 Å². The van der Waals surface area contributed by atoms with E-state index >= 15 is 0 Å². The Labute approximate surface area is 113 Å². The number of hydrogen-bond acceptors (Lipinski definition) is 5. The van der Waals surface area contributed by atoms with Gasteiger partial charge in [0, 0.05) is 57.4 Å². The van der Waals surface area contributed by atoms with Crippen molar-refractivity contribution in [2.24, 2.45) is 0 Å². The molecular weight excluding hydrogens is 256 g/mol. The lowest BCUT2D eigenvalue weighted by Crippen LogP contribution is -2.48. The molecule has 0 saturated carbocycles. The first-order chi connectivity index (χ1) is 7.65. The maximum absolute atomic E-state index is 4.40. The SMILES string of the molecule is CC1CN(Cc2cnc(N(C)C)s2)CCN1.Cl. The summed E-state index contributed by atoms with van der Waals surface area (Å²) in [6.45, 7) is 6.65. The van der Waals surface area contributed by atoms with Crippen LogP contribution in [0.2, 0.25) is 0 Å². The molecule has 1 N–H and O–H groups in total. The van der Waals surface area contributed by atoms with Gasteiger partial charge in [-0.2, -0.15) is 0 Å². The van der Waals surface area contributed by atoms with Gasteiger partial charge in [0.15, 0.2) is 5.13 Å². The molecule has 1 fully saturated rings. The second-order valence-corrected chi connectivity index (χ2v) is 5.69. The van der Waals surface area contributed by atoms with Gasteiger partial charge >= 0.3 is 0 Å². The predicted molar refractivity (Wildman–Crippen MR) is 76.4 cm³/mol. The second kappa shape index (κ2) is 6.54. The molecule has 0 amide bonds. The Morgan fingerprint density at radius 3 is 2.94 bits per heavy atom. The third-order valence-corrected chi connectivity index (χ3v) is 3.91. The molecule has 1 aliphatic heterocycles. The fraction of sp³-hybridized carbons (Fsp3) is 0.727. The van der Waals surface area contributed by atoms with Crippen molar-refractivity contribution in [3.05, 3.63) is 11.1 Å². The Balaban J connectivity index is 0.00000144. The fourth-order valence-electron chi connectivity index (χ4n) is 1.95. The van der Waals surface area contributed by atoms with Crippen LogP contribution in [-0.4, -0.2) is 49.7 Å². The van der Waals surface area contributed by atoms with Gasteiger partial charge in [-0.15, -0.1) is 23.7 Å². The van der Waals surface area contributed by atoms with Crippen LogP contribution < -0.4 is 10.2 Å². The first kappa shape index (κ1) is 14.7. The molecule has 98 valence electrons. The van der Waals surface area contributed by atoms with Gasteiger partial charge in [0.05, 0.1) is 0 Å². The summed E-state index contributed by atoms with van der Waals surface area (Å²) in [7, 11) is 4.07. The van der Waals surface area contributed by atoms with Gasteiger partial charge in [0.2, 0.25) is 0 Å². The van der Waals surface area contributed by atoms with Gasteiger partial charge in [-0.1, -0.05) is 0 Å². The predicted octanol–water partition coefficient (Wildman–Crippen LogP) is 1.42. The molecular formula is C11H21ClN4S. The van der Waals surface area contributed by atoms with Crippen LogP contribution in [0.1, 0.15) is 11.8 Å². The average Bonchev–Trinajstić information content (AvgIpc) is 2.66. The normalized spacial score (nSPS) is 21.0. The van der Waals surface area contributed by atoms with Gasteiger partial charge in [0.25, 0.3) is 0 Å². The van der Waals surface area contributed by atoms with E-state index in [2.05, 4.69) is 27.0 Å². The summed E-state index contributed by atoms with van der Waals surface area (Å²) >= 11 is 1.79. The van der Waals surface area contributed by atoms with Gasteiger partial charge < -0.3 is 10.2 Å². The van der Waals surface area contributed by atoms with E-state index in [0.29, 0.717) is 6.04 Å². The molecule has 1 unspecified atom stereocenters. The lowest BCUT2D eigenvalue weighted by Gasteiger charge is -2.31. The monoisotopic (exact) mass is 276 g/mol. The molecule has 1 aromatic rings. The highest BCUT2D eigenvalue weighted by Gasteiger charge is 2.16. The standard InChI is InChI=1S/C11H20N4S.ClH/c1-9-7-15(5-4-12-9)8-10-6-13-11(16-10)14(2)3;/h6,9,12H,4-5,7-8H2,1-3H3;1H. The van der Waals surface area contributed by atoms with Crippen molar-refractivity contribution in [3.8, 4) is 0 Å². The summed E-state index contributed by atoms with van der Waals surface area (Å²) in [6, 6.07) is 0.606. The zero-order chi connectivity index (χ0) is 11.5. The highest BCUT2D eigenvalue weighted by Crippen LogP contribution is 2.21. The summed E-state index contributed by atoms with van der Waals surface area (Å²) < 4.78 is 0. The Morgan fingerprint density at radius 2 is 2.35 bits per heavy atom. The minimum atomic E-state index is 0. The van der Waals surface area contributed by atoms with Crippen LogP contribution in [0.15, 0.2) is 6.20 Å². The number of hydrogen-bond donors (Lipinski definition) is 1. The molecule has 0 radical (unpaired) electrons. The third-order valence-electron chi connectivity index (χ3n) is 2.76. The molecule has 2 rings (SSSR count). The van der Waals surface area contributed by atoms with Crippen LogP contribution in [0.25, 0.3) is 0 Å². The Bertz CT molecular complexity index is 342. The van der Waals surface area contributed by atoms with E-state index < -0.39 is 0 Å². The van der Waals surface area contributed by atoms with Crippen LogP contribution in [0, 0.1) is 0 Å². The van der Waals surface area contributed by atoms with E-state index in [1.807, 2.05) is 20.3 Å². The highest BCUT2D eigenvalue weighted by atomic mass is 35.5. The van der Waals surface area contributed by atoms with Crippen molar-refractivity contribution in [2.75, 3.05) is 38.6 Å². The summed E-state index contributed by atoms with van der Waals surface area (Å²) in [5.41, 5.74) is 0. The summed E-state index contributed by atoms with van der Waals surface area (Å²) in [5, 5.41) is 4.55. The van der Waals surface area contributed by atoms with E-state index in [0.717, 1.165) is 31.3 Å². The van der Waals surface area contributed by atoms with E-state index in [9.17, 15) is 0 Å². The Morgan fingerprint density at radius 1 is 1.59 bits per heavy atom. The zero-order valence-electron chi connectivity index (χ0n) is 10.6. The third kappa shape index (κ3) is 4.10. The number of piperazine rings is 1. The van der Waals surface area contributed by atoms with Gasteiger partial charge in [-0.25, -0.2) is 4.98 Å². The number of thiazole rings is 1. The van der Waals surface area contributed by atoms with Gasteiger partial charge in [-0.05, 0) is 6.92 Å². The van der Waals surface area contributed by atoms with Crippen LogP contribution in [-0.2, 0) is 6.54 Å². The quantitative estimate of drug-likeness (QED) is 0.905. The number of halogens is 1. The molecule has 1 atom stereocenters. The van der Waals surface area contributed by atoms with Crippen molar-refractivity contribution in [1.82, 2.24) is 15.2 Å². The maximum atomic E-state index is 4.40. The van der Waals surface area contributed by atoms with Gasteiger partial charge in [-0.3, -0.25) is 4.90 Å². The fourth-order valence-corrected chi connectivity index (χ4v) is 2.83. The Kier molecular flexibility index (Phi) is 5.66.